The zero-order valence-electron chi connectivity index (χ0n) is 17.0. The molecule has 0 radical (unpaired) electrons. The molecule has 3 N–H and O–H groups in total. The molecule has 0 unspecified atom stereocenters. The van der Waals surface area contributed by atoms with Gasteiger partial charge in [0.15, 0.2) is 0 Å². The smallest absolute Gasteiger partial charge is 0.273 e. The molecular weight excluding hydrogens is 386 g/mol. The molecule has 0 aliphatic heterocycles. The van der Waals surface area contributed by atoms with Gasteiger partial charge in [0.25, 0.3) is 5.91 Å². The highest BCUT2D eigenvalue weighted by Crippen LogP contribution is 2.25. The average Bonchev–Trinajstić information content (AvgIpc) is 2.71. The minimum absolute atomic E-state index is 0.361. The third kappa shape index (κ3) is 8.16. The molecule has 0 atom stereocenters. The number of nitrogens with one attached hydrogen (secondary N) is 1. The van der Waals surface area contributed by atoms with Crippen LogP contribution in [-0.4, -0.2) is 18.7 Å². The molecule has 0 saturated carbocycles. The SMILES string of the molecule is CCCCCCCCCOc1ccc(/C=N\NC(=O)c2ccccc2N)cc1Cl. The number of carbonyl (C=O) groups is 1. The Morgan fingerprint density at radius 2 is 1.83 bits per heavy atom. The van der Waals surface area contributed by atoms with Gasteiger partial charge in [-0.25, -0.2) is 5.43 Å². The molecule has 0 spiro atoms. The van der Waals surface area contributed by atoms with Crippen LogP contribution in [0.4, 0.5) is 5.69 Å². The number of benzene rings is 2. The normalized spacial score (nSPS) is 11.0. The van der Waals surface area contributed by atoms with Gasteiger partial charge in [-0.3, -0.25) is 4.79 Å². The zero-order chi connectivity index (χ0) is 20.9. The number of halogens is 1. The molecule has 0 heterocycles. The Kier molecular flexibility index (Phi) is 10.1. The van der Waals surface area contributed by atoms with Crippen LogP contribution in [-0.2, 0) is 0 Å². The van der Waals surface area contributed by atoms with Crippen molar-refractivity contribution >= 4 is 29.4 Å². The monoisotopic (exact) mass is 415 g/mol. The molecule has 0 aliphatic carbocycles. The Bertz CT molecular complexity index is 808. The third-order valence-corrected chi connectivity index (χ3v) is 4.84. The van der Waals surface area contributed by atoms with Crippen LogP contribution in [0, 0.1) is 0 Å². The first kappa shape index (κ1) is 22.8. The third-order valence-electron chi connectivity index (χ3n) is 4.55. The maximum atomic E-state index is 12.1. The Labute approximate surface area is 178 Å². The summed E-state index contributed by atoms with van der Waals surface area (Å²) in [5, 5.41) is 4.49. The lowest BCUT2D eigenvalue weighted by Gasteiger charge is -2.08. The van der Waals surface area contributed by atoms with E-state index in [1.165, 1.54) is 44.7 Å². The van der Waals surface area contributed by atoms with Gasteiger partial charge in [0, 0.05) is 5.69 Å². The van der Waals surface area contributed by atoms with Crippen LogP contribution in [0.5, 0.6) is 5.75 Å². The number of nitrogens with two attached hydrogens (primary N) is 1. The summed E-state index contributed by atoms with van der Waals surface area (Å²) in [4.78, 5) is 12.1. The quantitative estimate of drug-likeness (QED) is 0.198. The number of anilines is 1. The number of nitrogens with zero attached hydrogens (tertiary/aromatic N) is 1. The summed E-state index contributed by atoms with van der Waals surface area (Å²) in [6.07, 6.45) is 10.2. The van der Waals surface area contributed by atoms with Crippen LogP contribution in [0.3, 0.4) is 0 Å². The van der Waals surface area contributed by atoms with Crippen LogP contribution in [0.15, 0.2) is 47.6 Å². The first-order valence-corrected chi connectivity index (χ1v) is 10.6. The van der Waals surface area contributed by atoms with E-state index in [-0.39, 0.29) is 5.91 Å². The molecule has 2 aromatic carbocycles. The minimum Gasteiger partial charge on any atom is -0.492 e. The number of ether oxygens (including phenoxy) is 1. The number of rotatable bonds is 12. The summed E-state index contributed by atoms with van der Waals surface area (Å²) >= 11 is 6.29. The Morgan fingerprint density at radius 3 is 2.55 bits per heavy atom. The summed E-state index contributed by atoms with van der Waals surface area (Å²) in [7, 11) is 0. The highest BCUT2D eigenvalue weighted by atomic mass is 35.5. The van der Waals surface area contributed by atoms with Crippen molar-refractivity contribution in [2.45, 2.75) is 51.9 Å². The summed E-state index contributed by atoms with van der Waals surface area (Å²) in [5.74, 6) is 0.302. The van der Waals surface area contributed by atoms with Crippen molar-refractivity contribution in [1.29, 1.82) is 0 Å². The maximum Gasteiger partial charge on any atom is 0.273 e. The molecule has 2 aromatic rings. The summed E-state index contributed by atoms with van der Waals surface area (Å²) in [6, 6.07) is 12.3. The molecule has 1 amide bonds. The van der Waals surface area contributed by atoms with E-state index in [2.05, 4.69) is 17.5 Å². The molecular formula is C23H30ClN3O2. The lowest BCUT2D eigenvalue weighted by Crippen LogP contribution is -2.18. The first-order chi connectivity index (χ1) is 14.1. The standard InChI is InChI=1S/C23H30ClN3O2/c1-2-3-4-5-6-7-10-15-29-22-14-13-18(16-20(22)24)17-26-27-23(28)19-11-8-9-12-21(19)25/h8-9,11-14,16-17H,2-7,10,15,25H2,1H3,(H,27,28)/b26-17-. The molecule has 2 rings (SSSR count). The molecule has 0 fully saturated rings. The lowest BCUT2D eigenvalue weighted by atomic mass is 10.1. The van der Waals surface area contributed by atoms with E-state index in [9.17, 15) is 4.79 Å². The van der Waals surface area contributed by atoms with Crippen LogP contribution in [0.25, 0.3) is 0 Å². The van der Waals surface area contributed by atoms with Crippen molar-refractivity contribution in [2.75, 3.05) is 12.3 Å². The largest absolute Gasteiger partial charge is 0.492 e. The fourth-order valence-electron chi connectivity index (χ4n) is 2.89. The van der Waals surface area contributed by atoms with Crippen molar-refractivity contribution < 1.29 is 9.53 Å². The highest BCUT2D eigenvalue weighted by Gasteiger charge is 2.07. The van der Waals surface area contributed by atoms with E-state index in [1.807, 2.05) is 12.1 Å². The van der Waals surface area contributed by atoms with Gasteiger partial charge >= 0.3 is 0 Å². The van der Waals surface area contributed by atoms with Crippen molar-refractivity contribution in [3.63, 3.8) is 0 Å². The van der Waals surface area contributed by atoms with Crippen LogP contribution in [0.2, 0.25) is 5.02 Å². The number of unbranched alkanes of at least 4 members (excludes halogenated alkanes) is 6. The van der Waals surface area contributed by atoms with Gasteiger partial charge in [-0.1, -0.05) is 69.2 Å². The average molecular weight is 416 g/mol. The second-order valence-electron chi connectivity index (χ2n) is 6.95. The molecule has 0 aliphatic rings. The number of amides is 1. The first-order valence-electron chi connectivity index (χ1n) is 10.2. The van der Waals surface area contributed by atoms with E-state index in [1.54, 1.807) is 30.3 Å². The van der Waals surface area contributed by atoms with Crippen LogP contribution in [0.1, 0.15) is 67.8 Å². The molecule has 29 heavy (non-hydrogen) atoms. The van der Waals surface area contributed by atoms with Crippen LogP contribution >= 0.6 is 11.6 Å². The number of hydrazone groups is 1. The van der Waals surface area contributed by atoms with Gasteiger partial charge in [-0.15, -0.1) is 0 Å². The molecule has 156 valence electrons. The van der Waals surface area contributed by atoms with Gasteiger partial charge < -0.3 is 10.5 Å². The Morgan fingerprint density at radius 1 is 1.10 bits per heavy atom. The molecule has 0 bridgehead atoms. The van der Waals surface area contributed by atoms with Crippen molar-refractivity contribution in [3.05, 3.63) is 58.6 Å². The lowest BCUT2D eigenvalue weighted by molar-refractivity contribution is 0.0956. The van der Waals surface area contributed by atoms with E-state index in [4.69, 9.17) is 22.1 Å². The number of carbonyl (C=O) groups excluding carboxylic acids is 1. The highest BCUT2D eigenvalue weighted by molar-refractivity contribution is 6.32. The zero-order valence-corrected chi connectivity index (χ0v) is 17.8. The van der Waals surface area contributed by atoms with Crippen molar-refractivity contribution in [2.24, 2.45) is 5.10 Å². The topological polar surface area (TPSA) is 76.7 Å². The summed E-state index contributed by atoms with van der Waals surface area (Å²) < 4.78 is 5.77. The fourth-order valence-corrected chi connectivity index (χ4v) is 3.13. The minimum atomic E-state index is -0.361. The van der Waals surface area contributed by atoms with Crippen molar-refractivity contribution in [3.8, 4) is 5.75 Å². The number of hydrogen-bond acceptors (Lipinski definition) is 4. The maximum absolute atomic E-state index is 12.1. The fraction of sp³-hybridized carbons (Fsp3) is 0.391. The Hall–Kier alpha value is -2.53. The van der Waals surface area contributed by atoms with Gasteiger partial charge in [0.1, 0.15) is 5.75 Å². The number of nitrogen functional groups attached to an aromatic ring is 1. The van der Waals surface area contributed by atoms with Gasteiger partial charge in [-0.2, -0.15) is 5.10 Å². The van der Waals surface area contributed by atoms with E-state index >= 15 is 0 Å². The predicted octanol–water partition coefficient (Wildman–Crippen LogP) is 5.82. The molecule has 5 nitrogen and oxygen atoms in total. The second-order valence-corrected chi connectivity index (χ2v) is 7.35. The van der Waals surface area contributed by atoms with Gasteiger partial charge in [0.2, 0.25) is 0 Å². The summed E-state index contributed by atoms with van der Waals surface area (Å²) in [5.41, 5.74) is 9.81. The van der Waals surface area contributed by atoms with Gasteiger partial charge in [0.05, 0.1) is 23.4 Å². The van der Waals surface area contributed by atoms with Crippen LogP contribution < -0.4 is 15.9 Å². The number of hydrogen-bond donors (Lipinski definition) is 2. The summed E-state index contributed by atoms with van der Waals surface area (Å²) in [6.45, 7) is 2.89. The van der Waals surface area contributed by atoms with Crippen molar-refractivity contribution in [1.82, 2.24) is 5.43 Å². The Balaban J connectivity index is 1.75. The molecule has 0 aromatic heterocycles. The van der Waals surface area contributed by atoms with E-state index < -0.39 is 0 Å². The van der Waals surface area contributed by atoms with E-state index in [0.29, 0.717) is 28.6 Å². The predicted molar refractivity (Wildman–Crippen MR) is 121 cm³/mol. The number of para-hydroxylation sites is 1. The second kappa shape index (κ2) is 12.8. The van der Waals surface area contributed by atoms with Gasteiger partial charge in [-0.05, 0) is 42.3 Å². The molecule has 6 heteroatoms. The van der Waals surface area contributed by atoms with E-state index in [0.717, 1.165) is 12.0 Å². The molecule has 0 saturated heterocycles.